The lowest BCUT2D eigenvalue weighted by atomic mass is 9.96. The van der Waals surface area contributed by atoms with Crippen LogP contribution < -0.4 is 5.32 Å². The van der Waals surface area contributed by atoms with Crippen molar-refractivity contribution in [3.8, 4) is 11.3 Å². The van der Waals surface area contributed by atoms with Crippen LogP contribution in [0.3, 0.4) is 0 Å². The Labute approximate surface area is 121 Å². The van der Waals surface area contributed by atoms with E-state index in [2.05, 4.69) is 10.3 Å². The summed E-state index contributed by atoms with van der Waals surface area (Å²) in [5.41, 5.74) is 2.62. The molecule has 106 valence electrons. The number of aromatic nitrogens is 1. The van der Waals surface area contributed by atoms with Crippen LogP contribution in [0.5, 0.6) is 0 Å². The number of nitrogens with zero attached hydrogens (tertiary/aromatic N) is 1. The molecule has 1 amide bonds. The van der Waals surface area contributed by atoms with Gasteiger partial charge in [0.2, 0.25) is 5.91 Å². The minimum atomic E-state index is -1.04. The SMILES string of the molecule is O=C1CC(c2ccc(-c3cccc(C(=O)O)n3)cc2)CN1. The monoisotopic (exact) mass is 282 g/mol. The molecule has 0 bridgehead atoms. The lowest BCUT2D eigenvalue weighted by Crippen LogP contribution is -2.13. The van der Waals surface area contributed by atoms with Gasteiger partial charge in [-0.2, -0.15) is 0 Å². The second kappa shape index (κ2) is 5.36. The highest BCUT2D eigenvalue weighted by atomic mass is 16.4. The van der Waals surface area contributed by atoms with E-state index in [-0.39, 0.29) is 17.5 Å². The highest BCUT2D eigenvalue weighted by Gasteiger charge is 2.22. The van der Waals surface area contributed by atoms with Gasteiger partial charge in [-0.15, -0.1) is 0 Å². The number of benzene rings is 1. The fourth-order valence-electron chi connectivity index (χ4n) is 2.48. The van der Waals surface area contributed by atoms with Gasteiger partial charge in [0.25, 0.3) is 0 Å². The van der Waals surface area contributed by atoms with E-state index in [1.54, 1.807) is 12.1 Å². The van der Waals surface area contributed by atoms with E-state index < -0.39 is 5.97 Å². The molecule has 1 saturated heterocycles. The molecule has 0 aliphatic carbocycles. The van der Waals surface area contributed by atoms with Gasteiger partial charge in [0.15, 0.2) is 0 Å². The molecule has 0 radical (unpaired) electrons. The molecule has 1 aliphatic rings. The molecule has 1 aliphatic heterocycles. The van der Waals surface area contributed by atoms with Gasteiger partial charge in [-0.05, 0) is 17.7 Å². The van der Waals surface area contributed by atoms with Crippen molar-refractivity contribution in [1.82, 2.24) is 10.3 Å². The molecule has 21 heavy (non-hydrogen) atoms. The lowest BCUT2D eigenvalue weighted by molar-refractivity contribution is -0.119. The predicted octanol–water partition coefficient (Wildman–Crippen LogP) is 2.05. The first kappa shape index (κ1) is 13.3. The maximum Gasteiger partial charge on any atom is 0.354 e. The van der Waals surface area contributed by atoms with Gasteiger partial charge in [-0.1, -0.05) is 30.3 Å². The fourth-order valence-corrected chi connectivity index (χ4v) is 2.48. The Balaban J connectivity index is 1.85. The summed E-state index contributed by atoms with van der Waals surface area (Å²) >= 11 is 0. The Hall–Kier alpha value is -2.69. The van der Waals surface area contributed by atoms with Crippen LogP contribution >= 0.6 is 0 Å². The van der Waals surface area contributed by atoms with Crippen LogP contribution in [0.2, 0.25) is 0 Å². The van der Waals surface area contributed by atoms with Gasteiger partial charge < -0.3 is 10.4 Å². The molecule has 0 saturated carbocycles. The minimum Gasteiger partial charge on any atom is -0.477 e. The van der Waals surface area contributed by atoms with Crippen molar-refractivity contribution >= 4 is 11.9 Å². The van der Waals surface area contributed by atoms with E-state index in [1.807, 2.05) is 24.3 Å². The van der Waals surface area contributed by atoms with Gasteiger partial charge in [0.05, 0.1) is 5.69 Å². The van der Waals surface area contributed by atoms with Crippen LogP contribution in [0.1, 0.15) is 28.4 Å². The first-order valence-corrected chi connectivity index (χ1v) is 6.71. The van der Waals surface area contributed by atoms with Crippen LogP contribution in [0, 0.1) is 0 Å². The van der Waals surface area contributed by atoms with E-state index in [9.17, 15) is 9.59 Å². The number of carboxylic acids is 1. The van der Waals surface area contributed by atoms with Crippen molar-refractivity contribution in [1.29, 1.82) is 0 Å². The summed E-state index contributed by atoms with van der Waals surface area (Å²) in [6.07, 6.45) is 0.520. The largest absolute Gasteiger partial charge is 0.477 e. The van der Waals surface area contributed by atoms with E-state index in [4.69, 9.17) is 5.11 Å². The smallest absolute Gasteiger partial charge is 0.354 e. The number of carbonyl (C=O) groups excluding carboxylic acids is 1. The van der Waals surface area contributed by atoms with Crippen LogP contribution in [-0.4, -0.2) is 28.5 Å². The molecule has 1 aromatic carbocycles. The van der Waals surface area contributed by atoms with Crippen molar-refractivity contribution < 1.29 is 14.7 Å². The Morgan fingerprint density at radius 3 is 2.57 bits per heavy atom. The number of pyridine rings is 1. The first-order valence-electron chi connectivity index (χ1n) is 6.71. The normalized spacial score (nSPS) is 17.5. The minimum absolute atomic E-state index is 0.0298. The van der Waals surface area contributed by atoms with Gasteiger partial charge in [0, 0.05) is 24.4 Å². The molecule has 2 heterocycles. The van der Waals surface area contributed by atoms with E-state index in [1.165, 1.54) is 6.07 Å². The lowest BCUT2D eigenvalue weighted by Gasteiger charge is -2.09. The number of hydrogen-bond donors (Lipinski definition) is 2. The van der Waals surface area contributed by atoms with Gasteiger partial charge >= 0.3 is 5.97 Å². The van der Waals surface area contributed by atoms with Gasteiger partial charge in [-0.3, -0.25) is 4.79 Å². The van der Waals surface area contributed by atoms with Crippen molar-refractivity contribution in [2.24, 2.45) is 0 Å². The molecule has 1 aromatic heterocycles. The zero-order valence-corrected chi connectivity index (χ0v) is 11.2. The molecule has 5 nitrogen and oxygen atoms in total. The summed E-state index contributed by atoms with van der Waals surface area (Å²) in [7, 11) is 0. The summed E-state index contributed by atoms with van der Waals surface area (Å²) in [5, 5.41) is 11.8. The summed E-state index contributed by atoms with van der Waals surface area (Å²) in [6, 6.07) is 12.7. The molecule has 2 aromatic rings. The van der Waals surface area contributed by atoms with Crippen molar-refractivity contribution in [2.45, 2.75) is 12.3 Å². The average molecular weight is 282 g/mol. The molecule has 0 spiro atoms. The summed E-state index contributed by atoms with van der Waals surface area (Å²) < 4.78 is 0. The van der Waals surface area contributed by atoms with Crippen molar-refractivity contribution in [3.63, 3.8) is 0 Å². The fraction of sp³-hybridized carbons (Fsp3) is 0.188. The zero-order valence-electron chi connectivity index (χ0n) is 11.2. The van der Waals surface area contributed by atoms with Crippen LogP contribution in [0.15, 0.2) is 42.5 Å². The number of amides is 1. The second-order valence-corrected chi connectivity index (χ2v) is 5.04. The number of hydrogen-bond acceptors (Lipinski definition) is 3. The molecule has 1 fully saturated rings. The quantitative estimate of drug-likeness (QED) is 0.903. The molecule has 5 heteroatoms. The Morgan fingerprint density at radius 1 is 1.19 bits per heavy atom. The summed E-state index contributed by atoms with van der Waals surface area (Å²) in [5.74, 6) is -0.742. The highest BCUT2D eigenvalue weighted by Crippen LogP contribution is 2.25. The van der Waals surface area contributed by atoms with Crippen LogP contribution in [0.25, 0.3) is 11.3 Å². The number of nitrogens with one attached hydrogen (secondary N) is 1. The third-order valence-corrected chi connectivity index (χ3v) is 3.62. The Morgan fingerprint density at radius 2 is 1.95 bits per heavy atom. The number of rotatable bonds is 3. The number of carboxylic acid groups (broad SMARTS) is 1. The van der Waals surface area contributed by atoms with E-state index >= 15 is 0 Å². The molecular formula is C16H14N2O3. The standard InChI is InChI=1S/C16H14N2O3/c19-15-8-12(9-17-15)10-4-6-11(7-5-10)13-2-1-3-14(18-13)16(20)21/h1-7,12H,8-9H2,(H,17,19)(H,20,21). The number of carbonyl (C=O) groups is 2. The maximum absolute atomic E-state index is 11.2. The number of aromatic carboxylic acids is 1. The van der Waals surface area contributed by atoms with Crippen molar-refractivity contribution in [3.05, 3.63) is 53.7 Å². The average Bonchev–Trinajstić information content (AvgIpc) is 2.94. The third kappa shape index (κ3) is 2.76. The van der Waals surface area contributed by atoms with Gasteiger partial charge in [0.1, 0.15) is 5.69 Å². The molecule has 1 unspecified atom stereocenters. The van der Waals surface area contributed by atoms with Crippen LogP contribution in [0.4, 0.5) is 0 Å². The second-order valence-electron chi connectivity index (χ2n) is 5.04. The first-order chi connectivity index (χ1) is 10.1. The molecule has 2 N–H and O–H groups in total. The molecular weight excluding hydrogens is 268 g/mol. The third-order valence-electron chi connectivity index (χ3n) is 3.62. The van der Waals surface area contributed by atoms with E-state index in [0.717, 1.165) is 11.1 Å². The Bertz CT molecular complexity index is 695. The van der Waals surface area contributed by atoms with Gasteiger partial charge in [-0.25, -0.2) is 9.78 Å². The van der Waals surface area contributed by atoms with E-state index in [0.29, 0.717) is 18.7 Å². The zero-order chi connectivity index (χ0) is 14.8. The molecule has 3 rings (SSSR count). The summed E-state index contributed by atoms with van der Waals surface area (Å²) in [6.45, 7) is 0.672. The maximum atomic E-state index is 11.2. The predicted molar refractivity (Wildman–Crippen MR) is 77.0 cm³/mol. The van der Waals surface area contributed by atoms with Crippen molar-refractivity contribution in [2.75, 3.05) is 6.54 Å². The topological polar surface area (TPSA) is 79.3 Å². The highest BCUT2D eigenvalue weighted by molar-refractivity contribution is 5.86. The summed E-state index contributed by atoms with van der Waals surface area (Å²) in [4.78, 5) is 26.3. The van der Waals surface area contributed by atoms with Crippen LogP contribution in [-0.2, 0) is 4.79 Å². The Kier molecular flexibility index (Phi) is 3.39. The molecule has 1 atom stereocenters.